The minimum atomic E-state index is -1.18. The van der Waals surface area contributed by atoms with Crippen molar-refractivity contribution in [3.63, 3.8) is 0 Å². The van der Waals surface area contributed by atoms with Crippen LogP contribution >= 0.6 is 0 Å². The van der Waals surface area contributed by atoms with E-state index in [0.29, 0.717) is 45.3 Å². The lowest BCUT2D eigenvalue weighted by atomic mass is 9.75. The van der Waals surface area contributed by atoms with Crippen molar-refractivity contribution in [1.29, 1.82) is 0 Å². The standard InChI is InChI=1S/C64H66N8O4/c1-9-67(10-2)45-29-33-53-57(37-45)75-58-38-46(68(11-3)12-4)30-34-54(58)63(53)51-27-21-19-25-49(51)61(73)71(63)65-41-43-23-17-18-24-44(43)42-66-72-62(74)50-26-20-22-28-52(50)64(72)55-35-31-47(69(13-5)14-6)39-59(55)76-60-40-48(32-36-56(60)64)70(15-7)16-8/h17-42H,9-16H2,1-8H3/b65-41+,66-42+. The highest BCUT2D eigenvalue weighted by Gasteiger charge is 2.59. The summed E-state index contributed by atoms with van der Waals surface area (Å²) < 4.78 is 13.9. The number of amides is 2. The van der Waals surface area contributed by atoms with Crippen molar-refractivity contribution < 1.29 is 19.1 Å². The number of carbonyl (C=O) groups is 2. The molecule has 0 N–H and O–H groups in total. The van der Waals surface area contributed by atoms with E-state index in [2.05, 4.69) is 148 Å². The molecule has 7 aromatic carbocycles. The van der Waals surface area contributed by atoms with Gasteiger partial charge in [-0.1, -0.05) is 84.9 Å². The number of carbonyl (C=O) groups excluding carboxylic acids is 2. The van der Waals surface area contributed by atoms with E-state index in [1.807, 2.05) is 72.8 Å². The van der Waals surface area contributed by atoms with Crippen LogP contribution in [0.2, 0.25) is 0 Å². The van der Waals surface area contributed by atoms with Crippen LogP contribution in [0.4, 0.5) is 22.7 Å². The number of rotatable bonds is 16. The topological polar surface area (TPSA) is 96.8 Å². The van der Waals surface area contributed by atoms with Crippen LogP contribution < -0.4 is 29.1 Å². The van der Waals surface area contributed by atoms with E-state index in [-0.39, 0.29) is 11.8 Å². The molecule has 386 valence electrons. The summed E-state index contributed by atoms with van der Waals surface area (Å²) in [6.07, 6.45) is 3.49. The minimum Gasteiger partial charge on any atom is -0.456 e. The molecule has 12 heteroatoms. The Kier molecular flexibility index (Phi) is 13.1. The van der Waals surface area contributed by atoms with Crippen molar-refractivity contribution in [2.45, 2.75) is 66.5 Å². The fraction of sp³-hybridized carbons (Fsp3) is 0.281. The van der Waals surface area contributed by atoms with Gasteiger partial charge in [0.05, 0.1) is 12.4 Å². The van der Waals surface area contributed by atoms with Gasteiger partial charge in [0.25, 0.3) is 11.8 Å². The lowest BCUT2D eigenvalue weighted by Crippen LogP contribution is -2.44. The smallest absolute Gasteiger partial charge is 0.275 e. The summed E-state index contributed by atoms with van der Waals surface area (Å²) >= 11 is 0. The third kappa shape index (κ3) is 7.54. The van der Waals surface area contributed by atoms with Crippen molar-refractivity contribution in [1.82, 2.24) is 10.0 Å². The SMILES string of the molecule is CCN(CC)c1ccc2c(c1)Oc1cc(N(CC)CC)ccc1C21c2ccccc2C(=O)N1/N=C/c1ccccc1/C=N/N1C(=O)c2ccccc2C12c1ccc(N(CC)CC)cc1Oc1cc(N(CC)CC)ccc12. The van der Waals surface area contributed by atoms with Gasteiger partial charge in [0.2, 0.25) is 0 Å². The van der Waals surface area contributed by atoms with Gasteiger partial charge in [-0.2, -0.15) is 10.2 Å². The lowest BCUT2D eigenvalue weighted by molar-refractivity contribution is 0.0667. The van der Waals surface area contributed by atoms with Gasteiger partial charge in [0.1, 0.15) is 34.1 Å². The second-order valence-corrected chi connectivity index (χ2v) is 19.5. The van der Waals surface area contributed by atoms with Crippen LogP contribution in [0.15, 0.2) is 156 Å². The van der Waals surface area contributed by atoms with Crippen LogP contribution in [-0.2, 0) is 11.1 Å². The molecule has 12 nitrogen and oxygen atoms in total. The van der Waals surface area contributed by atoms with Crippen molar-refractivity contribution in [3.05, 3.63) is 201 Å². The number of anilines is 4. The summed E-state index contributed by atoms with van der Waals surface area (Å²) in [7, 11) is 0. The van der Waals surface area contributed by atoms with Crippen LogP contribution in [0.25, 0.3) is 0 Å². The first-order valence-corrected chi connectivity index (χ1v) is 27.1. The number of benzene rings is 7. The number of hydrogen-bond donors (Lipinski definition) is 0. The van der Waals surface area contributed by atoms with E-state index in [1.165, 1.54) is 0 Å². The molecule has 4 aliphatic rings. The number of fused-ring (bicyclic) bond motifs is 12. The lowest BCUT2D eigenvalue weighted by Gasteiger charge is -2.42. The molecule has 0 bridgehead atoms. The number of hydrazone groups is 2. The molecule has 0 aliphatic carbocycles. The summed E-state index contributed by atoms with van der Waals surface area (Å²) in [5.74, 6) is 2.21. The Bertz CT molecular complexity index is 3090. The van der Waals surface area contributed by atoms with Gasteiger partial charge in [-0.25, -0.2) is 10.0 Å². The molecular formula is C64H66N8O4. The molecule has 0 aromatic heterocycles. The first kappa shape index (κ1) is 49.8. The van der Waals surface area contributed by atoms with Gasteiger partial charge in [-0.3, -0.25) is 9.59 Å². The van der Waals surface area contributed by atoms with Crippen LogP contribution in [0.3, 0.4) is 0 Å². The number of ether oxygens (including phenoxy) is 2. The predicted octanol–water partition coefficient (Wildman–Crippen LogP) is 12.8. The maximum absolute atomic E-state index is 15.2. The number of nitrogens with zero attached hydrogens (tertiary/aromatic N) is 8. The van der Waals surface area contributed by atoms with E-state index < -0.39 is 11.1 Å². The monoisotopic (exact) mass is 1010 g/mol. The van der Waals surface area contributed by atoms with Crippen LogP contribution in [0, 0.1) is 0 Å². The summed E-state index contributed by atoms with van der Waals surface area (Å²) in [6.45, 7) is 23.8. The molecule has 0 unspecified atom stereocenters. The van der Waals surface area contributed by atoms with Crippen LogP contribution in [0.5, 0.6) is 23.0 Å². The molecule has 11 rings (SSSR count). The minimum absolute atomic E-state index is 0.232. The Balaban J connectivity index is 1.06. The molecule has 7 aromatic rings. The van der Waals surface area contributed by atoms with Gasteiger partial charge >= 0.3 is 0 Å². The Hall–Kier alpha value is -8.38. The van der Waals surface area contributed by atoms with Gasteiger partial charge in [0, 0.05) is 155 Å². The molecule has 2 spiro atoms. The summed E-state index contributed by atoms with van der Waals surface area (Å²) in [6, 6.07) is 48.8. The molecule has 2 amide bonds. The molecular weight excluding hydrogens is 945 g/mol. The third-order valence-corrected chi connectivity index (χ3v) is 16.1. The molecule has 0 radical (unpaired) electrons. The predicted molar refractivity (Wildman–Crippen MR) is 307 cm³/mol. The van der Waals surface area contributed by atoms with Crippen molar-refractivity contribution >= 4 is 47.0 Å². The van der Waals surface area contributed by atoms with Gasteiger partial charge in [-0.15, -0.1) is 0 Å². The molecule has 0 saturated heterocycles. The highest BCUT2D eigenvalue weighted by molar-refractivity contribution is 6.05. The Morgan fingerprint density at radius 2 is 0.658 bits per heavy atom. The first-order chi connectivity index (χ1) is 37.1. The summed E-state index contributed by atoms with van der Waals surface area (Å²) in [5, 5.41) is 13.8. The molecule has 0 saturated carbocycles. The zero-order valence-corrected chi connectivity index (χ0v) is 44.9. The van der Waals surface area contributed by atoms with Crippen molar-refractivity contribution in [2.24, 2.45) is 10.2 Å². The number of hydrogen-bond acceptors (Lipinski definition) is 10. The van der Waals surface area contributed by atoms with E-state index in [0.717, 1.165) is 108 Å². The average molecular weight is 1010 g/mol. The fourth-order valence-electron chi connectivity index (χ4n) is 12.3. The maximum Gasteiger partial charge on any atom is 0.275 e. The van der Waals surface area contributed by atoms with E-state index in [4.69, 9.17) is 19.7 Å². The molecule has 4 aliphatic heterocycles. The van der Waals surface area contributed by atoms with E-state index in [1.54, 1.807) is 22.4 Å². The zero-order chi connectivity index (χ0) is 52.9. The highest BCUT2D eigenvalue weighted by Crippen LogP contribution is 2.60. The van der Waals surface area contributed by atoms with Gasteiger partial charge < -0.3 is 29.1 Å². The summed E-state index contributed by atoms with van der Waals surface area (Å²) in [5.41, 5.74) is 9.23. The molecule has 76 heavy (non-hydrogen) atoms. The Morgan fingerprint density at radius 1 is 0.382 bits per heavy atom. The van der Waals surface area contributed by atoms with E-state index in [9.17, 15) is 0 Å². The van der Waals surface area contributed by atoms with Crippen LogP contribution in [0.1, 0.15) is 121 Å². The second-order valence-electron chi connectivity index (χ2n) is 19.5. The van der Waals surface area contributed by atoms with Gasteiger partial charge in [0.15, 0.2) is 0 Å². The van der Waals surface area contributed by atoms with E-state index >= 15 is 9.59 Å². The van der Waals surface area contributed by atoms with Crippen LogP contribution in [-0.4, -0.2) is 86.6 Å². The average Bonchev–Trinajstić information content (AvgIpc) is 4.08. The first-order valence-electron chi connectivity index (χ1n) is 27.1. The largest absolute Gasteiger partial charge is 0.456 e. The molecule has 0 fully saturated rings. The normalized spacial score (nSPS) is 15.1. The van der Waals surface area contributed by atoms with Crippen molar-refractivity contribution in [2.75, 3.05) is 72.0 Å². The van der Waals surface area contributed by atoms with Gasteiger partial charge in [-0.05, 0) is 91.8 Å². The summed E-state index contributed by atoms with van der Waals surface area (Å²) in [4.78, 5) is 39.6. The quantitative estimate of drug-likeness (QED) is 0.0883. The highest BCUT2D eigenvalue weighted by atomic mass is 16.5. The maximum atomic E-state index is 15.2. The third-order valence-electron chi connectivity index (χ3n) is 16.1. The Labute approximate surface area is 447 Å². The molecule has 4 heterocycles. The zero-order valence-electron chi connectivity index (χ0n) is 44.9. The Morgan fingerprint density at radius 3 is 0.947 bits per heavy atom. The molecule has 0 atom stereocenters. The fourth-order valence-corrected chi connectivity index (χ4v) is 12.3. The second kappa shape index (κ2) is 20.0. The van der Waals surface area contributed by atoms with Crippen molar-refractivity contribution in [3.8, 4) is 23.0 Å².